The first-order chi connectivity index (χ1) is 11.8. The van der Waals surface area contributed by atoms with Crippen LogP contribution in [0.25, 0.3) is 0 Å². The molecule has 0 saturated heterocycles. The molecule has 130 valence electrons. The summed E-state index contributed by atoms with van der Waals surface area (Å²) in [6.45, 7) is 0.929. The highest BCUT2D eigenvalue weighted by Gasteiger charge is 2.09. The van der Waals surface area contributed by atoms with Gasteiger partial charge in [-0.15, -0.1) is 24.0 Å². The van der Waals surface area contributed by atoms with Crippen LogP contribution in [-0.2, 0) is 19.1 Å². The van der Waals surface area contributed by atoms with Crippen LogP contribution in [0, 0.1) is 0 Å². The van der Waals surface area contributed by atoms with Crippen LogP contribution in [0.5, 0.6) is 11.5 Å². The zero-order valence-corrected chi connectivity index (χ0v) is 15.2. The summed E-state index contributed by atoms with van der Waals surface area (Å²) in [7, 11) is 0. The highest BCUT2D eigenvalue weighted by atomic mass is 35.5. The largest absolute Gasteiger partial charge is 0.485 e. The van der Waals surface area contributed by atoms with Crippen molar-refractivity contribution < 1.29 is 9.47 Å². The van der Waals surface area contributed by atoms with E-state index >= 15 is 0 Å². The summed E-state index contributed by atoms with van der Waals surface area (Å²) in [5.74, 6) is 1.60. The van der Waals surface area contributed by atoms with E-state index in [2.05, 4.69) is 4.98 Å². The van der Waals surface area contributed by atoms with E-state index in [-0.39, 0.29) is 12.4 Å². The number of alkyl halides is 1. The number of aromatic nitrogens is 1. The Kier molecular flexibility index (Phi) is 7.58. The van der Waals surface area contributed by atoms with Gasteiger partial charge in [0.05, 0.1) is 17.8 Å². The zero-order valence-electron chi connectivity index (χ0n) is 13.6. The maximum atomic E-state index is 5.93. The van der Waals surface area contributed by atoms with Crippen molar-refractivity contribution in [3.63, 3.8) is 0 Å². The normalized spacial score (nSPS) is 9.96. The molecular weight excluding hydrogens is 357 g/mol. The standard InChI is InChI=1S/C20H18ClNO2.ClH/c21-12-18-11-19(23-14-16-7-3-1-4-8-16)20(13-22-18)24-15-17-9-5-2-6-10-17;/h1-11,13H,12,14-15H2;1H. The third-order valence-corrected chi connectivity index (χ3v) is 3.77. The van der Waals surface area contributed by atoms with Crippen LogP contribution in [0.15, 0.2) is 72.9 Å². The van der Waals surface area contributed by atoms with Gasteiger partial charge >= 0.3 is 0 Å². The summed E-state index contributed by atoms with van der Waals surface area (Å²) in [5.41, 5.74) is 2.94. The summed E-state index contributed by atoms with van der Waals surface area (Å²) < 4.78 is 11.8. The summed E-state index contributed by atoms with van der Waals surface area (Å²) in [6.07, 6.45) is 1.67. The molecule has 0 atom stereocenters. The van der Waals surface area contributed by atoms with Gasteiger partial charge in [0.15, 0.2) is 11.5 Å². The van der Waals surface area contributed by atoms with Gasteiger partial charge in [0.25, 0.3) is 0 Å². The van der Waals surface area contributed by atoms with Crippen molar-refractivity contribution in [3.05, 3.63) is 89.7 Å². The van der Waals surface area contributed by atoms with Crippen LogP contribution < -0.4 is 9.47 Å². The lowest BCUT2D eigenvalue weighted by molar-refractivity contribution is 0.254. The van der Waals surface area contributed by atoms with E-state index in [0.717, 1.165) is 16.8 Å². The van der Waals surface area contributed by atoms with Gasteiger partial charge in [-0.1, -0.05) is 60.7 Å². The van der Waals surface area contributed by atoms with Crippen molar-refractivity contribution in [2.75, 3.05) is 0 Å². The number of ether oxygens (including phenoxy) is 2. The average Bonchev–Trinajstić information content (AvgIpc) is 2.66. The molecule has 0 saturated carbocycles. The van der Waals surface area contributed by atoms with Crippen LogP contribution in [0.1, 0.15) is 16.8 Å². The predicted molar refractivity (Wildman–Crippen MR) is 103 cm³/mol. The summed E-state index contributed by atoms with van der Waals surface area (Å²) in [5, 5.41) is 0. The van der Waals surface area contributed by atoms with E-state index in [0.29, 0.717) is 30.6 Å². The summed E-state index contributed by atoms with van der Waals surface area (Å²) in [4.78, 5) is 4.29. The fourth-order valence-corrected chi connectivity index (χ4v) is 2.38. The number of benzene rings is 2. The minimum absolute atomic E-state index is 0. The Labute approximate surface area is 159 Å². The average molecular weight is 376 g/mol. The Hall–Kier alpha value is -2.23. The smallest absolute Gasteiger partial charge is 0.179 e. The molecule has 3 nitrogen and oxygen atoms in total. The van der Waals surface area contributed by atoms with Gasteiger partial charge in [-0.25, -0.2) is 0 Å². The van der Waals surface area contributed by atoms with Gasteiger partial charge in [0.2, 0.25) is 0 Å². The van der Waals surface area contributed by atoms with Gasteiger partial charge in [0, 0.05) is 6.07 Å². The van der Waals surface area contributed by atoms with Crippen LogP contribution in [-0.4, -0.2) is 4.98 Å². The Morgan fingerprint density at radius 1 is 0.760 bits per heavy atom. The minimum Gasteiger partial charge on any atom is -0.485 e. The summed E-state index contributed by atoms with van der Waals surface area (Å²) in [6, 6.07) is 21.8. The number of halogens is 2. The van der Waals surface area contributed by atoms with Crippen molar-refractivity contribution in [2.45, 2.75) is 19.1 Å². The molecule has 3 aromatic rings. The third-order valence-electron chi connectivity index (χ3n) is 3.50. The van der Waals surface area contributed by atoms with E-state index in [1.54, 1.807) is 6.20 Å². The van der Waals surface area contributed by atoms with Gasteiger partial charge < -0.3 is 9.47 Å². The second-order valence-corrected chi connectivity index (χ2v) is 5.57. The molecule has 0 fully saturated rings. The molecule has 0 unspecified atom stereocenters. The Bertz CT molecular complexity index is 767. The van der Waals surface area contributed by atoms with Gasteiger partial charge in [-0.05, 0) is 11.1 Å². The third kappa shape index (κ3) is 5.66. The maximum absolute atomic E-state index is 5.93. The highest BCUT2D eigenvalue weighted by molar-refractivity contribution is 6.16. The van der Waals surface area contributed by atoms with Gasteiger partial charge in [-0.3, -0.25) is 4.98 Å². The summed E-state index contributed by atoms with van der Waals surface area (Å²) >= 11 is 5.88. The fourth-order valence-electron chi connectivity index (χ4n) is 2.23. The number of hydrogen-bond acceptors (Lipinski definition) is 3. The maximum Gasteiger partial charge on any atom is 0.179 e. The van der Waals surface area contributed by atoms with Crippen molar-refractivity contribution in [2.24, 2.45) is 0 Å². The van der Waals surface area contributed by atoms with E-state index < -0.39 is 0 Å². The lowest BCUT2D eigenvalue weighted by Gasteiger charge is -2.13. The lowest BCUT2D eigenvalue weighted by atomic mass is 10.2. The zero-order chi connectivity index (χ0) is 16.6. The highest BCUT2D eigenvalue weighted by Crippen LogP contribution is 2.29. The van der Waals surface area contributed by atoms with E-state index in [1.807, 2.05) is 66.7 Å². The van der Waals surface area contributed by atoms with Crippen LogP contribution in [0.4, 0.5) is 0 Å². The van der Waals surface area contributed by atoms with Crippen molar-refractivity contribution in [3.8, 4) is 11.5 Å². The number of rotatable bonds is 7. The van der Waals surface area contributed by atoms with Gasteiger partial charge in [-0.2, -0.15) is 0 Å². The van der Waals surface area contributed by atoms with Crippen LogP contribution >= 0.6 is 24.0 Å². The molecule has 0 amide bonds. The molecule has 0 N–H and O–H groups in total. The molecule has 0 aliphatic carbocycles. The SMILES string of the molecule is Cl.ClCc1cc(OCc2ccccc2)c(OCc2ccccc2)cn1. The lowest BCUT2D eigenvalue weighted by Crippen LogP contribution is -2.02. The predicted octanol–water partition coefficient (Wildman–Crippen LogP) is 5.40. The quantitative estimate of drug-likeness (QED) is 0.518. The van der Waals surface area contributed by atoms with E-state index in [1.165, 1.54) is 0 Å². The molecule has 1 aromatic heterocycles. The first kappa shape index (κ1) is 19.1. The number of hydrogen-bond donors (Lipinski definition) is 0. The minimum atomic E-state index is 0. The van der Waals surface area contributed by atoms with Crippen LogP contribution in [0.3, 0.4) is 0 Å². The molecule has 1 heterocycles. The second kappa shape index (κ2) is 9.92. The van der Waals surface area contributed by atoms with Crippen LogP contribution in [0.2, 0.25) is 0 Å². The number of pyridine rings is 1. The first-order valence-corrected chi connectivity index (χ1v) is 8.27. The van der Waals surface area contributed by atoms with E-state index in [4.69, 9.17) is 21.1 Å². The van der Waals surface area contributed by atoms with Crippen molar-refractivity contribution in [1.29, 1.82) is 0 Å². The Balaban J connectivity index is 0.00000225. The Morgan fingerprint density at radius 3 is 1.80 bits per heavy atom. The molecule has 3 rings (SSSR count). The number of nitrogens with zero attached hydrogens (tertiary/aromatic N) is 1. The van der Waals surface area contributed by atoms with Crippen molar-refractivity contribution in [1.82, 2.24) is 4.98 Å². The molecule has 0 bridgehead atoms. The monoisotopic (exact) mass is 375 g/mol. The van der Waals surface area contributed by atoms with Gasteiger partial charge in [0.1, 0.15) is 13.2 Å². The topological polar surface area (TPSA) is 31.4 Å². The molecule has 0 aliphatic rings. The molecule has 2 aromatic carbocycles. The molecule has 25 heavy (non-hydrogen) atoms. The molecule has 0 spiro atoms. The second-order valence-electron chi connectivity index (χ2n) is 5.30. The fraction of sp³-hybridized carbons (Fsp3) is 0.150. The van der Waals surface area contributed by atoms with Crippen molar-refractivity contribution >= 4 is 24.0 Å². The molecular formula is C20H19Cl2NO2. The molecule has 5 heteroatoms. The molecule has 0 radical (unpaired) electrons. The Morgan fingerprint density at radius 2 is 1.28 bits per heavy atom. The van der Waals surface area contributed by atoms with E-state index in [9.17, 15) is 0 Å². The molecule has 0 aliphatic heterocycles. The first-order valence-electron chi connectivity index (χ1n) is 7.73.